The Labute approximate surface area is 246 Å². The van der Waals surface area contributed by atoms with Gasteiger partial charge in [-0.1, -0.05) is 118 Å². The molecular formula is C40H31NO. The fourth-order valence-electron chi connectivity index (χ4n) is 6.64. The molecule has 0 radical (unpaired) electrons. The van der Waals surface area contributed by atoms with Gasteiger partial charge in [0.05, 0.1) is 11.2 Å². The Morgan fingerprint density at radius 3 is 2.21 bits per heavy atom. The monoisotopic (exact) mass is 541 g/mol. The molecule has 2 heteroatoms. The van der Waals surface area contributed by atoms with Crippen LogP contribution in [-0.2, 0) is 5.41 Å². The first-order chi connectivity index (χ1) is 20.4. The van der Waals surface area contributed by atoms with E-state index in [9.17, 15) is 4.79 Å². The summed E-state index contributed by atoms with van der Waals surface area (Å²) in [6.45, 7) is 12.5. The van der Waals surface area contributed by atoms with Gasteiger partial charge in [-0.15, -0.1) is 0 Å². The molecular weight excluding hydrogens is 510 g/mol. The van der Waals surface area contributed by atoms with Gasteiger partial charge in [0.2, 0.25) is 0 Å². The molecule has 202 valence electrons. The highest BCUT2D eigenvalue weighted by Crippen LogP contribution is 2.50. The number of rotatable bonds is 5. The molecule has 0 fully saturated rings. The molecule has 6 aromatic rings. The zero-order valence-electron chi connectivity index (χ0n) is 23.9. The van der Waals surface area contributed by atoms with Crippen LogP contribution in [0.2, 0.25) is 0 Å². The SMILES string of the molecule is C=C/C=C(\C=C)c1cc(-c2ccccc2)cc(-n2c(=O)c3cc4c(cc3c3ccccc32)-c2ccccc2C4(C)C)c1. The predicted molar refractivity (Wildman–Crippen MR) is 178 cm³/mol. The van der Waals surface area contributed by atoms with Crippen LogP contribution in [0.25, 0.3) is 55.2 Å². The fourth-order valence-corrected chi connectivity index (χ4v) is 6.64. The van der Waals surface area contributed by atoms with Crippen molar-refractivity contribution in [2.24, 2.45) is 0 Å². The molecule has 0 N–H and O–H groups in total. The summed E-state index contributed by atoms with van der Waals surface area (Å²) in [6.07, 6.45) is 5.55. The van der Waals surface area contributed by atoms with E-state index in [4.69, 9.17) is 0 Å². The van der Waals surface area contributed by atoms with Crippen LogP contribution in [0, 0.1) is 0 Å². The van der Waals surface area contributed by atoms with Crippen molar-refractivity contribution in [1.82, 2.24) is 4.57 Å². The van der Waals surface area contributed by atoms with Crippen molar-refractivity contribution < 1.29 is 0 Å². The Bertz CT molecular complexity index is 2160. The summed E-state index contributed by atoms with van der Waals surface area (Å²) in [6, 6.07) is 37.8. The minimum absolute atomic E-state index is 0.0257. The van der Waals surface area contributed by atoms with E-state index in [1.54, 1.807) is 6.08 Å². The first kappa shape index (κ1) is 25.7. The van der Waals surface area contributed by atoms with Gasteiger partial charge < -0.3 is 0 Å². The van der Waals surface area contributed by atoms with E-state index in [2.05, 4.69) is 106 Å². The topological polar surface area (TPSA) is 22.0 Å². The number of pyridine rings is 1. The number of hydrogen-bond donors (Lipinski definition) is 0. The van der Waals surface area contributed by atoms with E-state index in [-0.39, 0.29) is 11.0 Å². The highest BCUT2D eigenvalue weighted by Gasteiger charge is 2.36. The molecule has 0 saturated carbocycles. The summed E-state index contributed by atoms with van der Waals surface area (Å²) in [5, 5.41) is 2.76. The lowest BCUT2D eigenvalue weighted by Crippen LogP contribution is -2.21. The number of aromatic nitrogens is 1. The highest BCUT2D eigenvalue weighted by atomic mass is 16.1. The largest absolute Gasteiger partial charge is 0.276 e. The number of allylic oxidation sites excluding steroid dienone is 4. The van der Waals surface area contributed by atoms with Gasteiger partial charge in [0, 0.05) is 16.2 Å². The second kappa shape index (κ2) is 9.71. The van der Waals surface area contributed by atoms with Gasteiger partial charge in [0.1, 0.15) is 0 Å². The maximum atomic E-state index is 14.7. The van der Waals surface area contributed by atoms with Gasteiger partial charge in [-0.2, -0.15) is 0 Å². The molecule has 1 aliphatic carbocycles. The third kappa shape index (κ3) is 3.83. The number of fused-ring (bicyclic) bond motifs is 6. The molecule has 42 heavy (non-hydrogen) atoms. The van der Waals surface area contributed by atoms with Gasteiger partial charge in [-0.05, 0) is 86.3 Å². The van der Waals surface area contributed by atoms with Crippen molar-refractivity contribution in [2.45, 2.75) is 19.3 Å². The van der Waals surface area contributed by atoms with Crippen molar-refractivity contribution >= 4 is 27.2 Å². The zero-order valence-corrected chi connectivity index (χ0v) is 23.9. The van der Waals surface area contributed by atoms with Crippen molar-refractivity contribution in [3.63, 3.8) is 0 Å². The predicted octanol–water partition coefficient (Wildman–Crippen LogP) is 9.87. The Morgan fingerprint density at radius 1 is 0.690 bits per heavy atom. The second-order valence-corrected chi connectivity index (χ2v) is 11.5. The van der Waals surface area contributed by atoms with E-state index >= 15 is 0 Å². The maximum Gasteiger partial charge on any atom is 0.263 e. The lowest BCUT2D eigenvalue weighted by Gasteiger charge is -2.22. The third-order valence-corrected chi connectivity index (χ3v) is 8.72. The molecule has 0 aliphatic heterocycles. The number of nitrogens with zero attached hydrogens (tertiary/aromatic N) is 1. The molecule has 0 amide bonds. The third-order valence-electron chi connectivity index (χ3n) is 8.72. The van der Waals surface area contributed by atoms with E-state index in [1.807, 2.05) is 47.1 Å². The van der Waals surface area contributed by atoms with Gasteiger partial charge in [0.15, 0.2) is 0 Å². The summed E-state index contributed by atoms with van der Waals surface area (Å²) in [5.74, 6) is 0. The van der Waals surface area contributed by atoms with Gasteiger partial charge in [-0.25, -0.2) is 0 Å². The summed E-state index contributed by atoms with van der Waals surface area (Å²) in [7, 11) is 0. The Hall–Kier alpha value is -5.21. The Kier molecular flexibility index (Phi) is 5.95. The van der Waals surface area contributed by atoms with Gasteiger partial charge >= 0.3 is 0 Å². The molecule has 7 rings (SSSR count). The van der Waals surface area contributed by atoms with Crippen LogP contribution in [0.3, 0.4) is 0 Å². The lowest BCUT2D eigenvalue weighted by molar-refractivity contribution is 0.661. The van der Waals surface area contributed by atoms with Crippen molar-refractivity contribution in [3.8, 4) is 27.9 Å². The molecule has 0 spiro atoms. The van der Waals surface area contributed by atoms with Gasteiger partial charge in [-0.3, -0.25) is 9.36 Å². The number of benzene rings is 5. The standard InChI is InChI=1S/C40H31NO/c1-5-14-26(6-2)28-21-29(27-15-8-7-9-16-27)23-30(22-28)41-38-20-13-11-18-32(38)33-24-34-31-17-10-12-19-36(31)40(3,4)37(34)25-35(33)39(41)42/h5-25H,1-2H2,3-4H3/b26-14+. The minimum atomic E-state index is -0.197. The van der Waals surface area contributed by atoms with Crippen molar-refractivity contribution in [3.05, 3.63) is 168 Å². The summed E-state index contributed by atoms with van der Waals surface area (Å²) >= 11 is 0. The number of hydrogen-bond acceptors (Lipinski definition) is 1. The highest BCUT2D eigenvalue weighted by molar-refractivity contribution is 6.09. The van der Waals surface area contributed by atoms with Crippen LogP contribution >= 0.6 is 0 Å². The molecule has 0 bridgehead atoms. The van der Waals surface area contributed by atoms with E-state index in [1.165, 1.54) is 22.3 Å². The normalized spacial score (nSPS) is 13.6. The average molecular weight is 542 g/mol. The zero-order chi connectivity index (χ0) is 29.0. The van der Waals surface area contributed by atoms with Crippen LogP contribution in [0.5, 0.6) is 0 Å². The average Bonchev–Trinajstić information content (AvgIpc) is 3.25. The summed E-state index contributed by atoms with van der Waals surface area (Å²) < 4.78 is 1.88. The lowest BCUT2D eigenvalue weighted by atomic mass is 9.82. The molecule has 1 aromatic heterocycles. The molecule has 0 unspecified atom stereocenters. The second-order valence-electron chi connectivity index (χ2n) is 11.5. The van der Waals surface area contributed by atoms with Crippen LogP contribution in [0.1, 0.15) is 30.5 Å². The van der Waals surface area contributed by atoms with E-state index in [0.717, 1.165) is 49.6 Å². The summed E-state index contributed by atoms with van der Waals surface area (Å²) in [5.41, 5.74) is 10.5. The molecule has 0 atom stereocenters. The van der Waals surface area contributed by atoms with E-state index < -0.39 is 0 Å². The molecule has 0 saturated heterocycles. The first-order valence-corrected chi connectivity index (χ1v) is 14.3. The maximum absolute atomic E-state index is 14.7. The van der Waals surface area contributed by atoms with Gasteiger partial charge in [0.25, 0.3) is 5.56 Å². The van der Waals surface area contributed by atoms with Crippen LogP contribution in [0.4, 0.5) is 0 Å². The van der Waals surface area contributed by atoms with Crippen LogP contribution in [0.15, 0.2) is 145 Å². The van der Waals surface area contributed by atoms with E-state index in [0.29, 0.717) is 0 Å². The van der Waals surface area contributed by atoms with Crippen LogP contribution in [-0.4, -0.2) is 4.57 Å². The molecule has 2 nitrogen and oxygen atoms in total. The van der Waals surface area contributed by atoms with Crippen molar-refractivity contribution in [1.29, 1.82) is 0 Å². The molecule has 5 aromatic carbocycles. The Balaban J connectivity index is 1.58. The fraction of sp³-hybridized carbons (Fsp3) is 0.0750. The smallest absolute Gasteiger partial charge is 0.263 e. The van der Waals surface area contributed by atoms with Crippen LogP contribution < -0.4 is 5.56 Å². The summed E-state index contributed by atoms with van der Waals surface area (Å²) in [4.78, 5) is 14.7. The number of para-hydroxylation sites is 1. The van der Waals surface area contributed by atoms with Crippen molar-refractivity contribution in [2.75, 3.05) is 0 Å². The quantitative estimate of drug-likeness (QED) is 0.157. The molecule has 1 heterocycles. The first-order valence-electron chi connectivity index (χ1n) is 14.3. The minimum Gasteiger partial charge on any atom is -0.276 e. The Morgan fingerprint density at radius 2 is 1.43 bits per heavy atom. The molecule has 1 aliphatic rings.